The Kier molecular flexibility index (Phi) is 3.90. The fraction of sp³-hybridized carbons (Fsp3) is 0.250. The van der Waals surface area contributed by atoms with E-state index in [0.717, 1.165) is 5.75 Å². The van der Waals surface area contributed by atoms with Crippen molar-refractivity contribution in [2.24, 2.45) is 0 Å². The van der Waals surface area contributed by atoms with E-state index in [-0.39, 0.29) is 0 Å². The van der Waals surface area contributed by atoms with Gasteiger partial charge in [-0.1, -0.05) is 43.3 Å². The van der Waals surface area contributed by atoms with Gasteiger partial charge >= 0.3 is 0 Å². The standard InChI is InChI=1S/C16H18S/c1-4-12(3)16-14-9-7-6-8-13(14)10-11-15(16)17-5-2/h4,6-11H,5H2,1-3H3. The predicted molar refractivity (Wildman–Crippen MR) is 79.7 cm³/mol. The van der Waals surface area contributed by atoms with Crippen LogP contribution in [0.25, 0.3) is 16.3 Å². The van der Waals surface area contributed by atoms with Crippen LogP contribution in [0.1, 0.15) is 26.3 Å². The highest BCUT2D eigenvalue weighted by molar-refractivity contribution is 7.99. The van der Waals surface area contributed by atoms with E-state index in [1.807, 2.05) is 11.8 Å². The highest BCUT2D eigenvalue weighted by atomic mass is 32.2. The molecule has 0 fully saturated rings. The summed E-state index contributed by atoms with van der Waals surface area (Å²) in [4.78, 5) is 1.39. The molecule has 0 spiro atoms. The van der Waals surface area contributed by atoms with Crippen molar-refractivity contribution in [3.05, 3.63) is 48.0 Å². The number of thioether (sulfide) groups is 1. The third-order valence-corrected chi connectivity index (χ3v) is 3.96. The minimum atomic E-state index is 1.11. The van der Waals surface area contributed by atoms with E-state index in [1.165, 1.54) is 26.8 Å². The zero-order valence-electron chi connectivity index (χ0n) is 10.7. The minimum absolute atomic E-state index is 1.11. The average molecular weight is 242 g/mol. The second kappa shape index (κ2) is 5.42. The number of hydrogen-bond acceptors (Lipinski definition) is 1. The Labute approximate surface area is 108 Å². The van der Waals surface area contributed by atoms with Gasteiger partial charge in [-0.15, -0.1) is 11.8 Å². The lowest BCUT2D eigenvalue weighted by Crippen LogP contribution is -1.88. The molecule has 0 saturated carbocycles. The number of allylic oxidation sites excluding steroid dienone is 2. The molecule has 0 amide bonds. The molecule has 0 nitrogen and oxygen atoms in total. The van der Waals surface area contributed by atoms with Crippen molar-refractivity contribution in [2.75, 3.05) is 5.75 Å². The molecule has 0 aliphatic heterocycles. The van der Waals surface area contributed by atoms with Crippen molar-refractivity contribution in [1.82, 2.24) is 0 Å². The van der Waals surface area contributed by atoms with Gasteiger partial charge in [0.1, 0.15) is 0 Å². The SMILES string of the molecule is CC=C(C)c1c(SCC)ccc2ccccc12. The molecule has 1 heteroatoms. The topological polar surface area (TPSA) is 0 Å². The van der Waals surface area contributed by atoms with Gasteiger partial charge in [-0.3, -0.25) is 0 Å². The zero-order chi connectivity index (χ0) is 12.3. The molecule has 2 aromatic rings. The molecule has 0 heterocycles. The van der Waals surface area contributed by atoms with Crippen molar-refractivity contribution in [2.45, 2.75) is 25.7 Å². The summed E-state index contributed by atoms with van der Waals surface area (Å²) in [6.07, 6.45) is 2.20. The van der Waals surface area contributed by atoms with Gasteiger partial charge in [0.05, 0.1) is 0 Å². The molecule has 17 heavy (non-hydrogen) atoms. The normalized spacial score (nSPS) is 12.1. The lowest BCUT2D eigenvalue weighted by Gasteiger charge is -2.12. The van der Waals surface area contributed by atoms with Crippen LogP contribution in [0.15, 0.2) is 47.4 Å². The maximum atomic E-state index is 2.25. The maximum absolute atomic E-state index is 2.25. The quantitative estimate of drug-likeness (QED) is 0.652. The molecular formula is C16H18S. The summed E-state index contributed by atoms with van der Waals surface area (Å²) in [5, 5.41) is 2.69. The summed E-state index contributed by atoms with van der Waals surface area (Å²) in [6.45, 7) is 6.51. The van der Waals surface area contributed by atoms with Crippen LogP contribution in [-0.4, -0.2) is 5.75 Å². The molecule has 88 valence electrons. The molecule has 0 atom stereocenters. The van der Waals surface area contributed by atoms with Gasteiger partial charge in [0.2, 0.25) is 0 Å². The van der Waals surface area contributed by atoms with Crippen LogP contribution in [0.2, 0.25) is 0 Å². The Hall–Kier alpha value is -1.21. The van der Waals surface area contributed by atoms with Crippen LogP contribution in [0, 0.1) is 0 Å². The second-order valence-electron chi connectivity index (χ2n) is 4.06. The van der Waals surface area contributed by atoms with Gasteiger partial charge in [-0.25, -0.2) is 0 Å². The summed E-state index contributed by atoms with van der Waals surface area (Å²) >= 11 is 1.92. The van der Waals surface area contributed by atoms with E-state index in [9.17, 15) is 0 Å². The van der Waals surface area contributed by atoms with Crippen molar-refractivity contribution >= 4 is 28.1 Å². The van der Waals surface area contributed by atoms with Gasteiger partial charge in [-0.05, 0) is 47.6 Å². The van der Waals surface area contributed by atoms with Gasteiger partial charge < -0.3 is 0 Å². The average Bonchev–Trinajstić information content (AvgIpc) is 2.38. The molecule has 0 aliphatic rings. The van der Waals surface area contributed by atoms with Crippen molar-refractivity contribution in [3.63, 3.8) is 0 Å². The largest absolute Gasteiger partial charge is 0.126 e. The molecule has 0 unspecified atom stereocenters. The zero-order valence-corrected chi connectivity index (χ0v) is 11.5. The van der Waals surface area contributed by atoms with Crippen LogP contribution in [-0.2, 0) is 0 Å². The van der Waals surface area contributed by atoms with Crippen LogP contribution >= 0.6 is 11.8 Å². The highest BCUT2D eigenvalue weighted by Crippen LogP contribution is 2.34. The minimum Gasteiger partial charge on any atom is -0.126 e. The molecule has 0 aromatic heterocycles. The summed E-state index contributed by atoms with van der Waals surface area (Å²) in [5.74, 6) is 1.11. The van der Waals surface area contributed by atoms with Gasteiger partial charge in [0, 0.05) is 4.90 Å². The molecular weight excluding hydrogens is 224 g/mol. The molecule has 0 aliphatic carbocycles. The van der Waals surface area contributed by atoms with E-state index >= 15 is 0 Å². The predicted octanol–water partition coefficient (Wildman–Crippen LogP) is 5.38. The van der Waals surface area contributed by atoms with E-state index in [4.69, 9.17) is 0 Å². The van der Waals surface area contributed by atoms with E-state index < -0.39 is 0 Å². The summed E-state index contributed by atoms with van der Waals surface area (Å²) in [6, 6.07) is 13.1. The van der Waals surface area contributed by atoms with Gasteiger partial charge in [-0.2, -0.15) is 0 Å². The number of rotatable bonds is 3. The molecule has 0 radical (unpaired) electrons. The summed E-state index contributed by atoms with van der Waals surface area (Å²) in [5.41, 5.74) is 2.76. The summed E-state index contributed by atoms with van der Waals surface area (Å²) < 4.78 is 0. The second-order valence-corrected chi connectivity index (χ2v) is 5.37. The Morgan fingerprint density at radius 1 is 1.18 bits per heavy atom. The fourth-order valence-electron chi connectivity index (χ4n) is 2.08. The van der Waals surface area contributed by atoms with Crippen LogP contribution in [0.3, 0.4) is 0 Å². The fourth-order valence-corrected chi connectivity index (χ4v) is 2.97. The van der Waals surface area contributed by atoms with Crippen molar-refractivity contribution in [3.8, 4) is 0 Å². The van der Waals surface area contributed by atoms with Crippen molar-refractivity contribution < 1.29 is 0 Å². The van der Waals surface area contributed by atoms with Gasteiger partial charge in [0.25, 0.3) is 0 Å². The molecule has 0 bridgehead atoms. The Bertz CT molecular complexity index is 552. The van der Waals surface area contributed by atoms with Crippen molar-refractivity contribution in [1.29, 1.82) is 0 Å². The number of hydrogen-bond donors (Lipinski definition) is 0. The van der Waals surface area contributed by atoms with Crippen LogP contribution in [0.4, 0.5) is 0 Å². The van der Waals surface area contributed by atoms with Crippen LogP contribution in [0.5, 0.6) is 0 Å². The third-order valence-electron chi connectivity index (χ3n) is 3.02. The van der Waals surface area contributed by atoms with Crippen LogP contribution < -0.4 is 0 Å². The molecule has 0 N–H and O–H groups in total. The first kappa shape index (κ1) is 12.3. The Morgan fingerprint density at radius 2 is 1.94 bits per heavy atom. The molecule has 2 aromatic carbocycles. The lowest BCUT2D eigenvalue weighted by molar-refractivity contribution is 1.39. The van der Waals surface area contributed by atoms with E-state index in [1.54, 1.807) is 0 Å². The molecule has 2 rings (SSSR count). The Morgan fingerprint density at radius 3 is 2.65 bits per heavy atom. The first-order valence-electron chi connectivity index (χ1n) is 6.05. The monoisotopic (exact) mass is 242 g/mol. The van der Waals surface area contributed by atoms with Gasteiger partial charge in [0.15, 0.2) is 0 Å². The number of fused-ring (bicyclic) bond motifs is 1. The van der Waals surface area contributed by atoms with E-state index in [0.29, 0.717) is 0 Å². The summed E-state index contributed by atoms with van der Waals surface area (Å²) in [7, 11) is 0. The first-order valence-corrected chi connectivity index (χ1v) is 7.04. The highest BCUT2D eigenvalue weighted by Gasteiger charge is 2.08. The lowest BCUT2D eigenvalue weighted by atomic mass is 9.99. The smallest absolute Gasteiger partial charge is 0.0153 e. The van der Waals surface area contributed by atoms with E-state index in [2.05, 4.69) is 63.2 Å². The molecule has 0 saturated heterocycles. The first-order chi connectivity index (χ1) is 8.27. The Balaban J connectivity index is 2.75. The third kappa shape index (κ3) is 2.39. The number of benzene rings is 2. The maximum Gasteiger partial charge on any atom is 0.0153 e.